The van der Waals surface area contributed by atoms with Crippen molar-refractivity contribution in [3.05, 3.63) is 57.6 Å². The fourth-order valence-electron chi connectivity index (χ4n) is 4.32. The first-order valence-electron chi connectivity index (χ1n) is 10.1. The van der Waals surface area contributed by atoms with E-state index in [4.69, 9.17) is 9.47 Å². The van der Waals surface area contributed by atoms with Gasteiger partial charge in [-0.3, -0.25) is 9.59 Å². The molecule has 12 heteroatoms. The summed E-state index contributed by atoms with van der Waals surface area (Å²) in [4.78, 5) is 39.0. The Morgan fingerprint density at radius 2 is 1.69 bits per heavy atom. The molecule has 0 saturated carbocycles. The van der Waals surface area contributed by atoms with E-state index < -0.39 is 53.5 Å². The normalized spacial score (nSPS) is 22.1. The highest BCUT2D eigenvalue weighted by Crippen LogP contribution is 2.50. The number of carbonyl (C=O) groups is 3. The Kier molecular flexibility index (Phi) is 7.07. The maximum atomic E-state index is 13.6. The molecule has 0 bridgehead atoms. The van der Waals surface area contributed by atoms with Crippen LogP contribution in [0.1, 0.15) is 40.9 Å². The van der Waals surface area contributed by atoms with Crippen LogP contribution in [0.25, 0.3) is 0 Å². The van der Waals surface area contributed by atoms with Gasteiger partial charge in [0.2, 0.25) is 0 Å². The number of ether oxygens (including phenoxy) is 2. The Bertz CT molecular complexity index is 1170. The van der Waals surface area contributed by atoms with Gasteiger partial charge in [-0.2, -0.15) is 13.2 Å². The SMILES string of the molecule is COc1cc(C2C(C(=O)O)CC(C)(C(=O)O)N2C(=O)c2ccc(C(F)(F)F)cc2)cc(Br)c1OC. The minimum absolute atomic E-state index is 0.201. The molecular formula is C23H21BrF3NO7. The average Bonchev–Trinajstić information content (AvgIpc) is 3.12. The molecule has 1 aliphatic heterocycles. The predicted molar refractivity (Wildman–Crippen MR) is 119 cm³/mol. The van der Waals surface area contributed by atoms with E-state index in [9.17, 15) is 37.8 Å². The summed E-state index contributed by atoms with van der Waals surface area (Å²) in [6.45, 7) is 1.21. The lowest BCUT2D eigenvalue weighted by molar-refractivity contribution is -0.148. The van der Waals surface area contributed by atoms with Gasteiger partial charge in [0, 0.05) is 5.56 Å². The molecule has 1 amide bonds. The van der Waals surface area contributed by atoms with E-state index >= 15 is 0 Å². The Hall–Kier alpha value is -3.28. The van der Waals surface area contributed by atoms with Gasteiger partial charge >= 0.3 is 18.1 Å². The van der Waals surface area contributed by atoms with Crippen LogP contribution in [0.15, 0.2) is 40.9 Å². The van der Waals surface area contributed by atoms with E-state index in [0.717, 1.165) is 17.0 Å². The second kappa shape index (κ2) is 9.40. The number of amides is 1. The molecule has 2 aromatic carbocycles. The van der Waals surface area contributed by atoms with Gasteiger partial charge in [0.05, 0.1) is 36.2 Å². The third-order valence-corrected chi connectivity index (χ3v) is 6.65. The summed E-state index contributed by atoms with van der Waals surface area (Å²) in [5.74, 6) is -4.56. The molecule has 0 radical (unpaired) electrons. The van der Waals surface area contributed by atoms with E-state index in [1.807, 2.05) is 0 Å². The maximum Gasteiger partial charge on any atom is 0.416 e. The van der Waals surface area contributed by atoms with Gasteiger partial charge in [0.1, 0.15) is 5.54 Å². The first-order chi connectivity index (χ1) is 16.3. The van der Waals surface area contributed by atoms with Crippen LogP contribution >= 0.6 is 15.9 Å². The number of likely N-dealkylation sites (tertiary alicyclic amines) is 1. The Morgan fingerprint density at radius 3 is 2.14 bits per heavy atom. The van der Waals surface area contributed by atoms with E-state index in [1.54, 1.807) is 0 Å². The van der Waals surface area contributed by atoms with Gasteiger partial charge in [-0.15, -0.1) is 0 Å². The number of hydrogen-bond donors (Lipinski definition) is 2. The van der Waals surface area contributed by atoms with Gasteiger partial charge in [-0.05, 0) is 71.2 Å². The van der Waals surface area contributed by atoms with E-state index in [2.05, 4.69) is 15.9 Å². The quantitative estimate of drug-likeness (QED) is 0.531. The molecule has 3 atom stereocenters. The molecule has 2 aromatic rings. The second-order valence-electron chi connectivity index (χ2n) is 8.16. The van der Waals surface area contributed by atoms with Crippen molar-refractivity contribution in [3.63, 3.8) is 0 Å². The number of hydrogen-bond acceptors (Lipinski definition) is 5. The monoisotopic (exact) mass is 559 g/mol. The number of methoxy groups -OCH3 is 2. The summed E-state index contributed by atoms with van der Waals surface area (Å²) >= 11 is 3.31. The van der Waals surface area contributed by atoms with E-state index in [-0.39, 0.29) is 16.9 Å². The van der Waals surface area contributed by atoms with Crippen molar-refractivity contribution < 1.29 is 47.2 Å². The zero-order valence-electron chi connectivity index (χ0n) is 18.7. The molecule has 0 aromatic heterocycles. The number of carboxylic acid groups (broad SMARTS) is 2. The number of carbonyl (C=O) groups excluding carboxylic acids is 1. The van der Waals surface area contributed by atoms with Gasteiger partial charge in [-0.1, -0.05) is 0 Å². The molecule has 1 saturated heterocycles. The van der Waals surface area contributed by atoms with Crippen LogP contribution in [0, 0.1) is 5.92 Å². The highest BCUT2D eigenvalue weighted by atomic mass is 79.9. The topological polar surface area (TPSA) is 113 Å². The Morgan fingerprint density at radius 1 is 1.09 bits per heavy atom. The zero-order chi connectivity index (χ0) is 26.3. The van der Waals surface area contributed by atoms with Crippen LogP contribution in [0.4, 0.5) is 13.2 Å². The van der Waals surface area contributed by atoms with Crippen molar-refractivity contribution in [2.45, 2.75) is 31.1 Å². The molecule has 2 N–H and O–H groups in total. The van der Waals surface area contributed by atoms with Crippen LogP contribution in [0.2, 0.25) is 0 Å². The second-order valence-corrected chi connectivity index (χ2v) is 9.02. The number of rotatable bonds is 6. The predicted octanol–water partition coefficient (Wildman–Crippen LogP) is 4.62. The number of aliphatic carboxylic acids is 2. The lowest BCUT2D eigenvalue weighted by atomic mass is 9.90. The van der Waals surface area contributed by atoms with Crippen molar-refractivity contribution in [1.82, 2.24) is 4.90 Å². The summed E-state index contributed by atoms with van der Waals surface area (Å²) in [7, 11) is 2.74. The molecular weight excluding hydrogens is 539 g/mol. The number of halogens is 4. The summed E-state index contributed by atoms with van der Waals surface area (Å²) < 4.78 is 49.9. The highest BCUT2D eigenvalue weighted by Gasteiger charge is 2.58. The molecule has 8 nitrogen and oxygen atoms in total. The molecule has 188 valence electrons. The summed E-state index contributed by atoms with van der Waals surface area (Å²) in [5.41, 5.74) is -2.93. The van der Waals surface area contributed by atoms with Crippen LogP contribution in [-0.4, -0.2) is 52.7 Å². The minimum Gasteiger partial charge on any atom is -0.493 e. The number of alkyl halides is 3. The summed E-state index contributed by atoms with van der Waals surface area (Å²) in [5, 5.41) is 19.9. The van der Waals surface area contributed by atoms with Crippen LogP contribution in [0.5, 0.6) is 11.5 Å². The largest absolute Gasteiger partial charge is 0.493 e. The van der Waals surface area contributed by atoms with Gasteiger partial charge in [0.15, 0.2) is 11.5 Å². The maximum absolute atomic E-state index is 13.6. The van der Waals surface area contributed by atoms with E-state index in [1.165, 1.54) is 33.3 Å². The van der Waals surface area contributed by atoms with Crippen molar-refractivity contribution >= 4 is 33.8 Å². The molecule has 0 aliphatic carbocycles. The fourth-order valence-corrected chi connectivity index (χ4v) is 4.94. The van der Waals surface area contributed by atoms with Crippen molar-refractivity contribution in [3.8, 4) is 11.5 Å². The number of benzene rings is 2. The third-order valence-electron chi connectivity index (χ3n) is 6.06. The summed E-state index contributed by atoms with van der Waals surface area (Å²) in [6.07, 6.45) is -5.06. The van der Waals surface area contributed by atoms with Gasteiger partial charge < -0.3 is 24.6 Å². The smallest absolute Gasteiger partial charge is 0.416 e. The van der Waals surface area contributed by atoms with Crippen molar-refractivity contribution in [2.24, 2.45) is 5.92 Å². The number of carboxylic acids is 2. The Labute approximate surface area is 206 Å². The van der Waals surface area contributed by atoms with Crippen molar-refractivity contribution in [2.75, 3.05) is 14.2 Å². The molecule has 1 heterocycles. The molecule has 35 heavy (non-hydrogen) atoms. The molecule has 3 unspecified atom stereocenters. The molecule has 0 spiro atoms. The molecule has 1 fully saturated rings. The molecule has 3 rings (SSSR count). The fraction of sp³-hybridized carbons (Fsp3) is 0.348. The standard InChI is InChI=1S/C23H21BrF3NO7/c1-22(21(32)33)10-14(20(30)31)17(12-8-15(24)18(35-3)16(9-12)34-2)28(22)19(29)11-4-6-13(7-5-11)23(25,26)27/h4-9,14,17H,10H2,1-3H3,(H,30,31)(H,32,33). The Balaban J connectivity index is 2.21. The zero-order valence-corrected chi connectivity index (χ0v) is 20.3. The minimum atomic E-state index is -4.63. The number of nitrogens with zero attached hydrogens (tertiary/aromatic N) is 1. The van der Waals surface area contributed by atoms with Crippen LogP contribution in [0.3, 0.4) is 0 Å². The third kappa shape index (κ3) is 4.66. The first-order valence-corrected chi connectivity index (χ1v) is 10.9. The average molecular weight is 560 g/mol. The van der Waals surface area contributed by atoms with Crippen LogP contribution < -0.4 is 9.47 Å². The van der Waals surface area contributed by atoms with E-state index in [0.29, 0.717) is 22.4 Å². The first kappa shape index (κ1) is 26.3. The highest BCUT2D eigenvalue weighted by molar-refractivity contribution is 9.10. The molecule has 1 aliphatic rings. The summed E-state index contributed by atoms with van der Waals surface area (Å²) in [6, 6.07) is 4.93. The van der Waals surface area contributed by atoms with Crippen molar-refractivity contribution in [1.29, 1.82) is 0 Å². The van der Waals surface area contributed by atoms with Crippen LogP contribution in [-0.2, 0) is 15.8 Å². The van der Waals surface area contributed by atoms with Gasteiger partial charge in [-0.25, -0.2) is 4.79 Å². The lowest BCUT2D eigenvalue weighted by Gasteiger charge is -2.36. The lowest BCUT2D eigenvalue weighted by Crippen LogP contribution is -2.51. The van der Waals surface area contributed by atoms with Gasteiger partial charge in [0.25, 0.3) is 5.91 Å².